The summed E-state index contributed by atoms with van der Waals surface area (Å²) in [5, 5.41) is 7.25. The standard InChI is InChI=1S/C115H76N9O2/c1-76-27-20-21-64-116(104-45-9-2-38-97(76)104)91-32-22-28-79(71-91)85-65-83(66-86(69-85)80-29-23-33-92(72-80)117-105-46-10-3-39-98(105)99-40-4-11-47-106(99)117)77-56-60-89(61-57-77)120-111-52-16-17-53-112(111)121(115(120)125)95-36-26-37-96(75-95)123-114-55-19-18-54-113(114)122(124(123)126)90-62-58-78(59-63-90)84-67-87(81-30-24-34-93(73-81)118-107-48-12-5-41-100(107)101-42-6-13-49-108(101)118)70-88(68-84)82-31-25-35-94(74-82)119-109-50-14-7-43-102(109)103-44-8-15-51-110(103)119/h2-75H,1H2/q+1. The molecule has 126 heavy (non-hydrogen) atoms. The maximum absolute atomic E-state index is 15.7. The first-order chi connectivity index (χ1) is 62.2. The molecule has 0 amide bonds. The van der Waals surface area contributed by atoms with Gasteiger partial charge in [-0.15, -0.1) is 0 Å². The highest BCUT2D eigenvalue weighted by Crippen LogP contribution is 2.44. The molecular formula is C115H76N9O2+. The lowest BCUT2D eigenvalue weighted by atomic mass is 9.92. The molecule has 6 heterocycles. The quantitative estimate of drug-likeness (QED) is 0.102. The molecule has 23 aromatic rings. The van der Waals surface area contributed by atoms with Gasteiger partial charge in [0.2, 0.25) is 0 Å². The van der Waals surface area contributed by atoms with Crippen LogP contribution in [0.2, 0.25) is 0 Å². The number of hydrogen-bond acceptors (Lipinski definition) is 3. The molecule has 5 aromatic heterocycles. The van der Waals surface area contributed by atoms with Crippen LogP contribution in [0, 0.1) is 4.91 Å². The molecule has 0 spiro atoms. The zero-order chi connectivity index (χ0) is 83.6. The van der Waals surface area contributed by atoms with E-state index >= 15 is 9.70 Å². The van der Waals surface area contributed by atoms with Crippen LogP contribution >= 0.6 is 0 Å². The van der Waals surface area contributed by atoms with Gasteiger partial charge in [-0.1, -0.05) is 249 Å². The number of rotatable bonds is 14. The molecule has 592 valence electrons. The Morgan fingerprint density at radius 1 is 0.214 bits per heavy atom. The van der Waals surface area contributed by atoms with Gasteiger partial charge in [0.05, 0.1) is 66.1 Å². The first kappa shape index (κ1) is 72.8. The second-order valence-electron chi connectivity index (χ2n) is 32.4. The van der Waals surface area contributed by atoms with Gasteiger partial charge in [-0.2, -0.15) is 0 Å². The van der Waals surface area contributed by atoms with Crippen molar-refractivity contribution in [1.29, 1.82) is 0 Å². The third-order valence-electron chi connectivity index (χ3n) is 25.2. The van der Waals surface area contributed by atoms with Gasteiger partial charge in [0, 0.05) is 66.8 Å². The molecule has 24 rings (SSSR count). The van der Waals surface area contributed by atoms with Crippen molar-refractivity contribution in [3.8, 4) is 107 Å². The van der Waals surface area contributed by atoms with E-state index in [0.717, 1.165) is 150 Å². The number of imidazole rings is 1. The Morgan fingerprint density at radius 2 is 0.516 bits per heavy atom. The summed E-state index contributed by atoms with van der Waals surface area (Å²) < 4.78 is 15.0. The molecule has 0 fully saturated rings. The van der Waals surface area contributed by atoms with Gasteiger partial charge >= 0.3 is 5.69 Å². The summed E-state index contributed by atoms with van der Waals surface area (Å²) in [6, 6.07) is 149. The van der Waals surface area contributed by atoms with E-state index in [-0.39, 0.29) is 5.69 Å². The number of benzene rings is 18. The predicted octanol–water partition coefficient (Wildman–Crippen LogP) is 28.0. The van der Waals surface area contributed by atoms with Crippen molar-refractivity contribution >= 4 is 104 Å². The Labute approximate surface area is 724 Å². The Kier molecular flexibility index (Phi) is 17.1. The summed E-state index contributed by atoms with van der Waals surface area (Å²) in [7, 11) is 0. The Hall–Kier alpha value is -17.2. The highest BCUT2D eigenvalue weighted by molar-refractivity contribution is 6.12. The topological polar surface area (TPSA) is 77.8 Å². The lowest BCUT2D eigenvalue weighted by Crippen LogP contribution is -2.35. The Bertz CT molecular complexity index is 8290. The van der Waals surface area contributed by atoms with Crippen LogP contribution < -0.4 is 15.2 Å². The van der Waals surface area contributed by atoms with E-state index in [1.165, 1.54) is 32.3 Å². The van der Waals surface area contributed by atoms with E-state index < -0.39 is 0 Å². The van der Waals surface area contributed by atoms with Crippen LogP contribution in [0.25, 0.3) is 200 Å². The Morgan fingerprint density at radius 3 is 0.929 bits per heavy atom. The lowest BCUT2D eigenvalue weighted by molar-refractivity contribution is -0.656. The second-order valence-corrected chi connectivity index (χ2v) is 32.4. The summed E-state index contributed by atoms with van der Waals surface area (Å²) >= 11 is 0. The number of hydrogen-bond donors (Lipinski definition) is 0. The van der Waals surface area contributed by atoms with Crippen LogP contribution in [0.15, 0.2) is 460 Å². The predicted molar refractivity (Wildman–Crippen MR) is 520 cm³/mol. The fourth-order valence-electron chi connectivity index (χ4n) is 19.4. The van der Waals surface area contributed by atoms with Crippen molar-refractivity contribution in [1.82, 2.24) is 32.2 Å². The second kappa shape index (κ2) is 29.6. The summed E-state index contributed by atoms with van der Waals surface area (Å²) in [5.74, 6) is 0. The monoisotopic (exact) mass is 1610 g/mol. The van der Waals surface area contributed by atoms with E-state index in [1.807, 2.05) is 103 Å². The maximum Gasteiger partial charge on any atom is 0.338 e. The molecule has 0 unspecified atom stereocenters. The first-order valence-electron chi connectivity index (χ1n) is 42.5. The van der Waals surface area contributed by atoms with Crippen molar-refractivity contribution in [2.45, 2.75) is 0 Å². The van der Waals surface area contributed by atoms with E-state index in [4.69, 9.17) is 0 Å². The van der Waals surface area contributed by atoms with Crippen LogP contribution in [-0.4, -0.2) is 32.2 Å². The summed E-state index contributed by atoms with van der Waals surface area (Å²) in [4.78, 5) is 33.6. The largest absolute Gasteiger partial charge is 0.338 e. The molecule has 11 heteroatoms. The highest BCUT2D eigenvalue weighted by atomic mass is 16.3. The molecule has 0 radical (unpaired) electrons. The summed E-state index contributed by atoms with van der Waals surface area (Å²) in [6.07, 6.45) is 8.27. The van der Waals surface area contributed by atoms with Gasteiger partial charge in [0.25, 0.3) is 4.66 Å². The number of nitrogens with zero attached hydrogens (tertiary/aromatic N) is 9. The molecule has 0 saturated carbocycles. The molecule has 0 aliphatic carbocycles. The summed E-state index contributed by atoms with van der Waals surface area (Å²) in [6.45, 7) is 4.43. The lowest BCUT2D eigenvalue weighted by Gasteiger charge is -2.25. The van der Waals surface area contributed by atoms with Crippen LogP contribution in [0.1, 0.15) is 5.56 Å². The van der Waals surface area contributed by atoms with Gasteiger partial charge in [0.1, 0.15) is 22.4 Å². The summed E-state index contributed by atoms with van der Waals surface area (Å²) in [5.41, 5.74) is 31.8. The van der Waals surface area contributed by atoms with Gasteiger partial charge < -0.3 is 18.6 Å². The third-order valence-corrected chi connectivity index (χ3v) is 25.2. The van der Waals surface area contributed by atoms with E-state index in [2.05, 4.69) is 371 Å². The molecule has 1 aliphatic heterocycles. The average Bonchev–Trinajstić information content (AvgIpc) is 1.61. The zero-order valence-corrected chi connectivity index (χ0v) is 68.3. The number of anilines is 2. The number of allylic oxidation sites excluding steroid dienone is 4. The molecule has 1 aliphatic rings. The van der Waals surface area contributed by atoms with E-state index in [1.54, 1.807) is 18.5 Å². The fraction of sp³-hybridized carbons (Fsp3) is 0. The van der Waals surface area contributed by atoms with Crippen molar-refractivity contribution in [2.75, 3.05) is 4.90 Å². The SMILES string of the molecule is C=C1C=CC=CN(c2cccc(-c3cc(-c4ccc(-n5c(=O)n(-c6cccc(-n7c8ccccc8n(-c8ccc(-c9cc(-c%10cccc(-n%11c%12ccccc%12c%12ccccc%12%11)c%10)cc(-c%10cccc(-n%11c%12ccccc%12c%12ccccc%12%11)c%10)c9)cc8)[n+]7=O)c6)c6ccccc65)cc4)cc(-c4cccc(-n5c6ccccc6c6ccccc65)c4)c3)c2)c2ccccc21. The van der Waals surface area contributed by atoms with Crippen LogP contribution in [0.3, 0.4) is 0 Å². The van der Waals surface area contributed by atoms with Gasteiger partial charge in [0.15, 0.2) is 0 Å². The minimum atomic E-state index is -0.257. The van der Waals surface area contributed by atoms with Crippen molar-refractivity contribution in [3.63, 3.8) is 0 Å². The molecule has 0 saturated heterocycles. The first-order valence-corrected chi connectivity index (χ1v) is 42.5. The van der Waals surface area contributed by atoms with Crippen molar-refractivity contribution in [2.24, 2.45) is 0 Å². The Balaban J connectivity index is 0.580. The molecule has 0 atom stereocenters. The smallest absolute Gasteiger partial charge is 0.317 e. The van der Waals surface area contributed by atoms with Crippen LogP contribution in [0.5, 0.6) is 0 Å². The third kappa shape index (κ3) is 12.1. The molecule has 0 N–H and O–H groups in total. The number of para-hydroxylation sites is 11. The van der Waals surface area contributed by atoms with Gasteiger partial charge in [-0.3, -0.25) is 9.13 Å². The van der Waals surface area contributed by atoms with Crippen LogP contribution in [0.4, 0.5) is 11.4 Å². The van der Waals surface area contributed by atoms with Gasteiger partial charge in [-0.05, 0) is 282 Å². The molecule has 0 bridgehead atoms. The molecule has 18 aromatic carbocycles. The van der Waals surface area contributed by atoms with Crippen molar-refractivity contribution < 1.29 is 4.66 Å². The minimum absolute atomic E-state index is 0.257. The minimum Gasteiger partial charge on any atom is -0.317 e. The van der Waals surface area contributed by atoms with Gasteiger partial charge in [-0.25, -0.2) is 4.79 Å². The van der Waals surface area contributed by atoms with E-state index in [9.17, 15) is 0 Å². The number of aromatic nitrogens is 8. The number of fused-ring (bicyclic) bond motifs is 12. The molecular weight excluding hydrogens is 1540 g/mol. The van der Waals surface area contributed by atoms with Crippen LogP contribution in [-0.2, 0) is 0 Å². The van der Waals surface area contributed by atoms with Crippen molar-refractivity contribution in [3.05, 3.63) is 477 Å². The van der Waals surface area contributed by atoms with E-state index in [0.29, 0.717) is 39.3 Å². The highest BCUT2D eigenvalue weighted by Gasteiger charge is 2.28. The zero-order valence-electron chi connectivity index (χ0n) is 68.3. The maximum atomic E-state index is 15.7. The normalized spacial score (nSPS) is 12.3. The fourth-order valence-corrected chi connectivity index (χ4v) is 19.4. The molecule has 11 nitrogen and oxygen atoms in total. The average molecular weight is 1620 g/mol.